The molecule has 9 heavy (non-hydrogen) atoms. The van der Waals surface area contributed by atoms with Gasteiger partial charge in [0.15, 0.2) is 0 Å². The first kappa shape index (κ1) is 6.60. The fraction of sp³-hybridized carbons (Fsp3) is 0.444. The Balaban J connectivity index is 2.28. The van der Waals surface area contributed by atoms with Crippen molar-refractivity contribution in [1.82, 2.24) is 0 Å². The van der Waals surface area contributed by atoms with Gasteiger partial charge in [-0.25, -0.2) is 0 Å². The molecule has 0 heterocycles. The van der Waals surface area contributed by atoms with Crippen molar-refractivity contribution < 1.29 is 0 Å². The van der Waals surface area contributed by atoms with Crippen molar-refractivity contribution in [2.45, 2.75) is 25.7 Å². The Labute approximate surface area is 57.3 Å². The lowest BCUT2D eigenvalue weighted by molar-refractivity contribution is 0.936. The number of allylic oxidation sites excluding steroid dienone is 4. The van der Waals surface area contributed by atoms with Gasteiger partial charge in [0.05, 0.1) is 0 Å². The van der Waals surface area contributed by atoms with E-state index < -0.39 is 0 Å². The van der Waals surface area contributed by atoms with Crippen molar-refractivity contribution in [1.29, 1.82) is 0 Å². The molecule has 0 aliphatic heterocycles. The summed E-state index contributed by atoms with van der Waals surface area (Å²) in [6.07, 6.45) is 16.0. The van der Waals surface area contributed by atoms with Gasteiger partial charge in [0.1, 0.15) is 0 Å². The number of hydrogen-bond donors (Lipinski definition) is 0. The Kier molecular flexibility index (Phi) is 3.20. The summed E-state index contributed by atoms with van der Waals surface area (Å²) in [6.45, 7) is 0. The molecule has 1 rings (SSSR count). The average molecular weight is 121 g/mol. The van der Waals surface area contributed by atoms with Crippen molar-refractivity contribution >= 4 is 0 Å². The van der Waals surface area contributed by atoms with Crippen molar-refractivity contribution in [3.63, 3.8) is 0 Å². The van der Waals surface area contributed by atoms with Crippen LogP contribution in [0.3, 0.4) is 0 Å². The van der Waals surface area contributed by atoms with Gasteiger partial charge in [0.2, 0.25) is 0 Å². The zero-order chi connectivity index (χ0) is 6.36. The lowest BCUT2D eigenvalue weighted by atomic mass is 10.2. The molecule has 1 aliphatic carbocycles. The highest BCUT2D eigenvalue weighted by Crippen LogP contribution is 2.04. The van der Waals surface area contributed by atoms with E-state index in [4.69, 9.17) is 0 Å². The van der Waals surface area contributed by atoms with Gasteiger partial charge in [-0.15, -0.1) is 0 Å². The Morgan fingerprint density at radius 2 is 1.44 bits per heavy atom. The van der Waals surface area contributed by atoms with E-state index >= 15 is 0 Å². The fourth-order valence-corrected chi connectivity index (χ4v) is 0.913. The van der Waals surface area contributed by atoms with E-state index in [0.29, 0.717) is 0 Å². The molecule has 0 saturated carbocycles. The van der Waals surface area contributed by atoms with E-state index in [0.717, 1.165) is 12.8 Å². The van der Waals surface area contributed by atoms with Crippen LogP contribution in [0.25, 0.3) is 0 Å². The standard InChI is InChI=1S/C9H13/c1-2-4-6-8-9-7-5-3-1/h1-2,5-7H,3-4,8-9H2/b2-1-,7-5+. The maximum absolute atomic E-state index is 2.33. The van der Waals surface area contributed by atoms with Gasteiger partial charge in [-0.05, 0) is 32.1 Å². The number of hydrogen-bond acceptors (Lipinski definition) is 0. The van der Waals surface area contributed by atoms with Crippen LogP contribution in [-0.4, -0.2) is 0 Å². The Morgan fingerprint density at radius 1 is 0.667 bits per heavy atom. The minimum absolute atomic E-state index is 1.12. The minimum Gasteiger partial charge on any atom is -0.0882 e. The van der Waals surface area contributed by atoms with Crippen LogP contribution in [0.2, 0.25) is 0 Å². The van der Waals surface area contributed by atoms with E-state index in [1.165, 1.54) is 12.8 Å². The Morgan fingerprint density at radius 3 is 2.44 bits per heavy atom. The van der Waals surface area contributed by atoms with Crippen molar-refractivity contribution in [3.05, 3.63) is 30.7 Å². The quantitative estimate of drug-likeness (QED) is 0.432. The molecule has 0 aromatic rings. The summed E-state index contributed by atoms with van der Waals surface area (Å²) in [5, 5.41) is 0. The van der Waals surface area contributed by atoms with Gasteiger partial charge >= 0.3 is 0 Å². The Bertz CT molecular complexity index is 95.2. The third-order valence-electron chi connectivity index (χ3n) is 1.45. The lowest BCUT2D eigenvalue weighted by Gasteiger charge is -1.88. The van der Waals surface area contributed by atoms with Crippen LogP contribution in [0.5, 0.6) is 0 Å². The molecular formula is C9H13. The van der Waals surface area contributed by atoms with Gasteiger partial charge < -0.3 is 0 Å². The van der Waals surface area contributed by atoms with Gasteiger partial charge in [0, 0.05) is 0 Å². The van der Waals surface area contributed by atoms with E-state index in [-0.39, 0.29) is 0 Å². The smallest absolute Gasteiger partial charge is 0.0169 e. The van der Waals surface area contributed by atoms with Crippen LogP contribution in [-0.2, 0) is 0 Å². The molecule has 0 atom stereocenters. The predicted octanol–water partition coefficient (Wildman–Crippen LogP) is 2.88. The van der Waals surface area contributed by atoms with Crippen LogP contribution in [0.15, 0.2) is 24.3 Å². The molecule has 0 unspecified atom stereocenters. The topological polar surface area (TPSA) is 0 Å². The monoisotopic (exact) mass is 121 g/mol. The Hall–Kier alpha value is -0.520. The molecule has 0 saturated heterocycles. The summed E-state index contributed by atoms with van der Waals surface area (Å²) in [5.41, 5.74) is 0. The predicted molar refractivity (Wildman–Crippen MR) is 41.0 cm³/mol. The molecule has 0 bridgehead atoms. The minimum atomic E-state index is 1.12. The summed E-state index contributed by atoms with van der Waals surface area (Å²) >= 11 is 0. The summed E-state index contributed by atoms with van der Waals surface area (Å²) in [5.74, 6) is 0. The second-order valence-electron chi connectivity index (χ2n) is 2.28. The van der Waals surface area contributed by atoms with Gasteiger partial charge in [-0.1, -0.05) is 24.3 Å². The molecule has 1 radical (unpaired) electrons. The zero-order valence-electron chi connectivity index (χ0n) is 5.72. The van der Waals surface area contributed by atoms with E-state index in [1.807, 2.05) is 0 Å². The molecule has 0 N–H and O–H groups in total. The third kappa shape index (κ3) is 3.12. The molecule has 0 aromatic carbocycles. The largest absolute Gasteiger partial charge is 0.0882 e. The normalized spacial score (nSPS) is 27.6. The van der Waals surface area contributed by atoms with Crippen LogP contribution < -0.4 is 0 Å². The number of rotatable bonds is 0. The zero-order valence-corrected chi connectivity index (χ0v) is 5.72. The average Bonchev–Trinajstić information content (AvgIpc) is 2.00. The summed E-state index contributed by atoms with van der Waals surface area (Å²) in [6, 6.07) is 0. The molecule has 0 nitrogen and oxygen atoms in total. The molecule has 0 heteroatoms. The summed E-state index contributed by atoms with van der Waals surface area (Å²) in [7, 11) is 0. The van der Waals surface area contributed by atoms with Gasteiger partial charge in [-0.2, -0.15) is 0 Å². The van der Waals surface area contributed by atoms with Gasteiger partial charge in [0.25, 0.3) is 0 Å². The first-order chi connectivity index (χ1) is 4.50. The highest BCUT2D eigenvalue weighted by molar-refractivity contribution is 4.97. The molecule has 49 valence electrons. The van der Waals surface area contributed by atoms with E-state index in [9.17, 15) is 0 Å². The molecule has 0 amide bonds. The van der Waals surface area contributed by atoms with Crippen LogP contribution >= 0.6 is 0 Å². The second-order valence-corrected chi connectivity index (χ2v) is 2.28. The van der Waals surface area contributed by atoms with E-state index in [2.05, 4.69) is 30.7 Å². The SMILES string of the molecule is [CH]1C/C=C\C/C=C/CC1. The fourth-order valence-electron chi connectivity index (χ4n) is 0.913. The van der Waals surface area contributed by atoms with Crippen LogP contribution in [0.1, 0.15) is 25.7 Å². The first-order valence-corrected chi connectivity index (χ1v) is 3.62. The summed E-state index contributed by atoms with van der Waals surface area (Å²) < 4.78 is 0. The summed E-state index contributed by atoms with van der Waals surface area (Å²) in [4.78, 5) is 0. The van der Waals surface area contributed by atoms with Crippen molar-refractivity contribution in [3.8, 4) is 0 Å². The van der Waals surface area contributed by atoms with Crippen molar-refractivity contribution in [2.75, 3.05) is 0 Å². The molecule has 1 aliphatic rings. The molecular weight excluding hydrogens is 108 g/mol. The lowest BCUT2D eigenvalue weighted by Crippen LogP contribution is -1.71. The molecule has 0 spiro atoms. The maximum atomic E-state index is 2.33. The maximum Gasteiger partial charge on any atom is -0.0169 e. The highest BCUT2D eigenvalue weighted by Gasteiger charge is 1.85. The highest BCUT2D eigenvalue weighted by atomic mass is 13.9. The third-order valence-corrected chi connectivity index (χ3v) is 1.45. The van der Waals surface area contributed by atoms with E-state index in [1.54, 1.807) is 0 Å². The molecule has 0 aromatic heterocycles. The van der Waals surface area contributed by atoms with Crippen LogP contribution in [0.4, 0.5) is 0 Å². The van der Waals surface area contributed by atoms with Crippen molar-refractivity contribution in [2.24, 2.45) is 0 Å². The first-order valence-electron chi connectivity index (χ1n) is 3.62. The second kappa shape index (κ2) is 4.37. The van der Waals surface area contributed by atoms with Gasteiger partial charge in [-0.3, -0.25) is 0 Å². The van der Waals surface area contributed by atoms with Crippen LogP contribution in [0, 0.1) is 6.42 Å². The molecule has 0 fully saturated rings.